The van der Waals surface area contributed by atoms with Gasteiger partial charge in [0.15, 0.2) is 0 Å². The van der Waals surface area contributed by atoms with Gasteiger partial charge in [-0.05, 0) is 6.42 Å². The van der Waals surface area contributed by atoms with Crippen LogP contribution < -0.4 is 5.32 Å². The summed E-state index contributed by atoms with van der Waals surface area (Å²) in [7, 11) is 2.89. The van der Waals surface area contributed by atoms with E-state index < -0.39 is 6.09 Å². The molecule has 1 N–H and O–H groups in total. The van der Waals surface area contributed by atoms with Gasteiger partial charge in [0, 0.05) is 20.2 Å². The minimum atomic E-state index is -0.467. The van der Waals surface area contributed by atoms with Crippen LogP contribution in [0.3, 0.4) is 0 Å². The maximum atomic E-state index is 11.7. The number of methoxy groups -OCH3 is 2. The maximum Gasteiger partial charge on any atom is 0.407 e. The van der Waals surface area contributed by atoms with Gasteiger partial charge < -0.3 is 24.4 Å². The molecule has 104 valence electrons. The summed E-state index contributed by atoms with van der Waals surface area (Å²) in [5.41, 5.74) is 0. The molecule has 1 unspecified atom stereocenters. The van der Waals surface area contributed by atoms with Gasteiger partial charge in [-0.3, -0.25) is 4.79 Å². The summed E-state index contributed by atoms with van der Waals surface area (Å²) >= 11 is 0. The highest BCUT2D eigenvalue weighted by Crippen LogP contribution is 2.09. The van der Waals surface area contributed by atoms with Crippen LogP contribution in [-0.2, 0) is 19.0 Å². The number of carbonyl (C=O) groups is 2. The summed E-state index contributed by atoms with van der Waals surface area (Å²) in [6, 6.07) is -0.0413. The molecule has 7 heteroatoms. The normalized spacial score (nSPS) is 18.8. The molecule has 0 aromatic rings. The van der Waals surface area contributed by atoms with Crippen LogP contribution in [0.5, 0.6) is 0 Å². The molecule has 1 saturated heterocycles. The second kappa shape index (κ2) is 7.88. The molecule has 0 aliphatic carbocycles. The summed E-state index contributed by atoms with van der Waals surface area (Å²) < 4.78 is 14.5. The topological polar surface area (TPSA) is 77.1 Å². The van der Waals surface area contributed by atoms with Crippen molar-refractivity contribution < 1.29 is 23.8 Å². The first-order chi connectivity index (χ1) is 8.67. The Hall–Kier alpha value is -1.34. The average Bonchev–Trinajstić information content (AvgIpc) is 2.82. The zero-order chi connectivity index (χ0) is 13.4. The fourth-order valence-corrected chi connectivity index (χ4v) is 1.72. The number of amides is 2. The van der Waals surface area contributed by atoms with E-state index in [-0.39, 0.29) is 18.6 Å². The van der Waals surface area contributed by atoms with E-state index in [1.165, 1.54) is 7.11 Å². The SMILES string of the molecule is COCCOCC(=O)N1CCC(NC(=O)OC)C1. The first kappa shape index (κ1) is 14.7. The smallest absolute Gasteiger partial charge is 0.407 e. The standard InChI is InChI=1S/C11H20N2O5/c1-16-5-6-18-8-10(14)13-4-3-9(7-13)12-11(15)17-2/h9H,3-8H2,1-2H3,(H,12,15). The highest BCUT2D eigenvalue weighted by molar-refractivity contribution is 5.78. The lowest BCUT2D eigenvalue weighted by Crippen LogP contribution is -2.39. The van der Waals surface area contributed by atoms with E-state index in [1.54, 1.807) is 12.0 Å². The van der Waals surface area contributed by atoms with Crippen LogP contribution in [0.15, 0.2) is 0 Å². The van der Waals surface area contributed by atoms with Crippen molar-refractivity contribution in [2.24, 2.45) is 0 Å². The van der Waals surface area contributed by atoms with Gasteiger partial charge in [0.05, 0.1) is 26.4 Å². The third-order valence-electron chi connectivity index (χ3n) is 2.71. The molecule has 1 aliphatic heterocycles. The molecule has 1 atom stereocenters. The van der Waals surface area contributed by atoms with E-state index in [4.69, 9.17) is 9.47 Å². The summed E-state index contributed by atoms with van der Waals surface area (Å²) in [5.74, 6) is -0.0692. The van der Waals surface area contributed by atoms with Gasteiger partial charge >= 0.3 is 6.09 Å². The van der Waals surface area contributed by atoms with E-state index >= 15 is 0 Å². The molecule has 0 radical (unpaired) electrons. The molecule has 7 nitrogen and oxygen atoms in total. The fraction of sp³-hybridized carbons (Fsp3) is 0.818. The quantitative estimate of drug-likeness (QED) is 0.658. The Morgan fingerprint density at radius 3 is 2.78 bits per heavy atom. The lowest BCUT2D eigenvalue weighted by atomic mass is 10.3. The van der Waals surface area contributed by atoms with E-state index in [0.717, 1.165) is 6.42 Å². The molecular weight excluding hydrogens is 240 g/mol. The predicted molar refractivity (Wildman–Crippen MR) is 63.2 cm³/mol. The van der Waals surface area contributed by atoms with E-state index in [9.17, 15) is 9.59 Å². The van der Waals surface area contributed by atoms with Crippen molar-refractivity contribution in [2.45, 2.75) is 12.5 Å². The van der Waals surface area contributed by atoms with E-state index in [0.29, 0.717) is 26.3 Å². The lowest BCUT2D eigenvalue weighted by molar-refractivity contribution is -0.135. The molecule has 0 spiro atoms. The van der Waals surface area contributed by atoms with Gasteiger partial charge in [-0.1, -0.05) is 0 Å². The predicted octanol–water partition coefficient (Wildman–Crippen LogP) is -0.394. The number of hydrogen-bond acceptors (Lipinski definition) is 5. The third kappa shape index (κ3) is 4.89. The Labute approximate surface area is 106 Å². The molecule has 2 amide bonds. The maximum absolute atomic E-state index is 11.7. The van der Waals surface area contributed by atoms with Crippen molar-refractivity contribution in [3.05, 3.63) is 0 Å². The van der Waals surface area contributed by atoms with Crippen molar-refractivity contribution in [1.82, 2.24) is 10.2 Å². The number of carbonyl (C=O) groups excluding carboxylic acids is 2. The number of alkyl carbamates (subject to hydrolysis) is 1. The molecule has 0 bridgehead atoms. The molecular formula is C11H20N2O5. The number of likely N-dealkylation sites (tertiary alicyclic amines) is 1. The van der Waals surface area contributed by atoms with E-state index in [1.807, 2.05) is 0 Å². The second-order valence-electron chi connectivity index (χ2n) is 4.01. The highest BCUT2D eigenvalue weighted by atomic mass is 16.5. The Balaban J connectivity index is 2.20. The highest BCUT2D eigenvalue weighted by Gasteiger charge is 2.27. The molecule has 0 aromatic heterocycles. The summed E-state index contributed by atoms with van der Waals surface area (Å²) in [4.78, 5) is 24.4. The van der Waals surface area contributed by atoms with Gasteiger partial charge in [0.25, 0.3) is 0 Å². The first-order valence-electron chi connectivity index (χ1n) is 5.86. The molecule has 1 heterocycles. The summed E-state index contributed by atoms with van der Waals surface area (Å²) in [6.45, 7) is 2.05. The number of nitrogens with one attached hydrogen (secondary N) is 1. The Bertz CT molecular complexity index is 285. The van der Waals surface area contributed by atoms with Gasteiger partial charge in [-0.2, -0.15) is 0 Å². The molecule has 1 aliphatic rings. The van der Waals surface area contributed by atoms with Crippen LogP contribution in [0.2, 0.25) is 0 Å². The molecule has 18 heavy (non-hydrogen) atoms. The molecule has 1 fully saturated rings. The Morgan fingerprint density at radius 1 is 1.33 bits per heavy atom. The van der Waals surface area contributed by atoms with Crippen molar-refractivity contribution in [1.29, 1.82) is 0 Å². The number of nitrogens with zero attached hydrogens (tertiary/aromatic N) is 1. The van der Waals surface area contributed by atoms with Crippen LogP contribution >= 0.6 is 0 Å². The zero-order valence-corrected chi connectivity index (χ0v) is 10.8. The largest absolute Gasteiger partial charge is 0.453 e. The summed E-state index contributed by atoms with van der Waals surface area (Å²) in [6.07, 6.45) is 0.268. The van der Waals surface area contributed by atoms with Crippen molar-refractivity contribution in [3.8, 4) is 0 Å². The Morgan fingerprint density at radius 2 is 2.11 bits per heavy atom. The average molecular weight is 260 g/mol. The summed E-state index contributed by atoms with van der Waals surface area (Å²) in [5, 5.41) is 2.67. The minimum Gasteiger partial charge on any atom is -0.453 e. The van der Waals surface area contributed by atoms with Crippen molar-refractivity contribution >= 4 is 12.0 Å². The first-order valence-corrected chi connectivity index (χ1v) is 5.86. The molecule has 0 saturated carbocycles. The van der Waals surface area contributed by atoms with Gasteiger partial charge in [-0.25, -0.2) is 4.79 Å². The van der Waals surface area contributed by atoms with Crippen molar-refractivity contribution in [2.75, 3.05) is 47.1 Å². The monoisotopic (exact) mass is 260 g/mol. The van der Waals surface area contributed by atoms with Crippen molar-refractivity contribution in [3.63, 3.8) is 0 Å². The fourth-order valence-electron chi connectivity index (χ4n) is 1.72. The second-order valence-corrected chi connectivity index (χ2v) is 4.01. The molecule has 0 aromatic carbocycles. The van der Waals surface area contributed by atoms with Gasteiger partial charge in [-0.15, -0.1) is 0 Å². The lowest BCUT2D eigenvalue weighted by Gasteiger charge is -2.16. The number of rotatable bonds is 6. The Kier molecular flexibility index (Phi) is 6.45. The van der Waals surface area contributed by atoms with Gasteiger partial charge in [0.2, 0.25) is 5.91 Å². The number of ether oxygens (including phenoxy) is 3. The minimum absolute atomic E-state index is 0.0413. The van der Waals surface area contributed by atoms with Crippen LogP contribution in [0.4, 0.5) is 4.79 Å². The van der Waals surface area contributed by atoms with Crippen LogP contribution in [-0.4, -0.2) is 70.1 Å². The van der Waals surface area contributed by atoms with Crippen LogP contribution in [0, 0.1) is 0 Å². The van der Waals surface area contributed by atoms with Gasteiger partial charge in [0.1, 0.15) is 6.61 Å². The van der Waals surface area contributed by atoms with E-state index in [2.05, 4.69) is 10.1 Å². The molecule has 1 rings (SSSR count). The van der Waals surface area contributed by atoms with Crippen LogP contribution in [0.1, 0.15) is 6.42 Å². The van der Waals surface area contributed by atoms with Crippen LogP contribution in [0.25, 0.3) is 0 Å². The third-order valence-corrected chi connectivity index (χ3v) is 2.71. The zero-order valence-electron chi connectivity index (χ0n) is 10.8. The number of hydrogen-bond donors (Lipinski definition) is 1.